The summed E-state index contributed by atoms with van der Waals surface area (Å²) in [7, 11) is 0. The van der Waals surface area contributed by atoms with Crippen LogP contribution in [0.1, 0.15) is 30.6 Å². The van der Waals surface area contributed by atoms with Crippen molar-refractivity contribution < 1.29 is 14.6 Å². The summed E-state index contributed by atoms with van der Waals surface area (Å²) < 4.78 is 4.77. The van der Waals surface area contributed by atoms with E-state index >= 15 is 0 Å². The van der Waals surface area contributed by atoms with Crippen LogP contribution in [0.15, 0.2) is 24.3 Å². The van der Waals surface area contributed by atoms with E-state index in [1.807, 2.05) is 31.2 Å². The van der Waals surface area contributed by atoms with Crippen molar-refractivity contribution in [1.29, 1.82) is 0 Å². The Kier molecular flexibility index (Phi) is 4.31. The third kappa shape index (κ3) is 3.36. The molecule has 3 heteroatoms. The van der Waals surface area contributed by atoms with Gasteiger partial charge in [-0.3, -0.25) is 4.79 Å². The minimum absolute atomic E-state index is 0.0126. The molecule has 15 heavy (non-hydrogen) atoms. The highest BCUT2D eigenvalue weighted by Gasteiger charge is 2.14. The largest absolute Gasteiger partial charge is 0.466 e. The summed E-state index contributed by atoms with van der Waals surface area (Å²) in [6, 6.07) is 7.47. The summed E-state index contributed by atoms with van der Waals surface area (Å²) in [6.45, 7) is 4.00. The second kappa shape index (κ2) is 5.51. The number of carbonyl (C=O) groups is 1. The van der Waals surface area contributed by atoms with Crippen LogP contribution in [0, 0.1) is 6.92 Å². The zero-order chi connectivity index (χ0) is 11.3. The quantitative estimate of drug-likeness (QED) is 0.769. The molecule has 1 N–H and O–H groups in total. The first-order chi connectivity index (χ1) is 7.15. The minimum atomic E-state index is -0.773. The first-order valence-corrected chi connectivity index (χ1v) is 5.04. The number of hydrogen-bond donors (Lipinski definition) is 1. The maximum Gasteiger partial charge on any atom is 0.308 e. The lowest BCUT2D eigenvalue weighted by Gasteiger charge is -2.12. The first kappa shape index (κ1) is 11.7. The normalized spacial score (nSPS) is 12.2. The van der Waals surface area contributed by atoms with Crippen LogP contribution in [0.5, 0.6) is 0 Å². The highest BCUT2D eigenvalue weighted by atomic mass is 16.5. The van der Waals surface area contributed by atoms with Crippen LogP contribution in [0.4, 0.5) is 0 Å². The van der Waals surface area contributed by atoms with Gasteiger partial charge in [0.2, 0.25) is 0 Å². The second-order valence-corrected chi connectivity index (χ2v) is 3.38. The van der Waals surface area contributed by atoms with Crippen molar-refractivity contribution in [3.05, 3.63) is 35.4 Å². The molecule has 0 aliphatic carbocycles. The van der Waals surface area contributed by atoms with E-state index in [9.17, 15) is 9.90 Å². The van der Waals surface area contributed by atoms with Gasteiger partial charge in [0.25, 0.3) is 0 Å². The minimum Gasteiger partial charge on any atom is -0.466 e. The summed E-state index contributed by atoms with van der Waals surface area (Å²) in [4.78, 5) is 11.2. The Morgan fingerprint density at radius 3 is 2.73 bits per heavy atom. The molecule has 0 unspecified atom stereocenters. The summed E-state index contributed by atoms with van der Waals surface area (Å²) >= 11 is 0. The second-order valence-electron chi connectivity index (χ2n) is 3.38. The van der Waals surface area contributed by atoms with Crippen LogP contribution >= 0.6 is 0 Å². The molecule has 0 aliphatic heterocycles. The Morgan fingerprint density at radius 2 is 2.13 bits per heavy atom. The summed E-state index contributed by atoms with van der Waals surface area (Å²) in [6.07, 6.45) is -0.760. The standard InChI is InChI=1S/C12H16O3/c1-3-15-12(14)8-11(13)10-7-5-4-6-9(10)2/h4-7,11,13H,3,8H2,1-2H3/t11-/m0/s1. The number of benzene rings is 1. The van der Waals surface area contributed by atoms with Crippen LogP contribution < -0.4 is 0 Å². The number of ether oxygens (including phenoxy) is 1. The molecule has 1 rings (SSSR count). The highest BCUT2D eigenvalue weighted by molar-refractivity contribution is 5.70. The van der Waals surface area contributed by atoms with Crippen molar-refractivity contribution in [2.45, 2.75) is 26.4 Å². The van der Waals surface area contributed by atoms with E-state index in [-0.39, 0.29) is 12.4 Å². The molecule has 1 aromatic carbocycles. The number of carbonyl (C=O) groups excluding carboxylic acids is 1. The summed E-state index contributed by atoms with van der Waals surface area (Å²) in [5, 5.41) is 9.80. The number of aliphatic hydroxyl groups excluding tert-OH is 1. The molecular formula is C12H16O3. The van der Waals surface area contributed by atoms with E-state index in [4.69, 9.17) is 4.74 Å². The van der Waals surface area contributed by atoms with Crippen LogP contribution in [-0.2, 0) is 9.53 Å². The number of hydrogen-bond acceptors (Lipinski definition) is 3. The Hall–Kier alpha value is -1.35. The Labute approximate surface area is 89.7 Å². The van der Waals surface area contributed by atoms with Crippen molar-refractivity contribution in [2.75, 3.05) is 6.61 Å². The molecular weight excluding hydrogens is 192 g/mol. The van der Waals surface area contributed by atoms with Gasteiger partial charge in [-0.05, 0) is 25.0 Å². The average Bonchev–Trinajstić information content (AvgIpc) is 2.18. The van der Waals surface area contributed by atoms with Crippen LogP contribution in [0.25, 0.3) is 0 Å². The summed E-state index contributed by atoms with van der Waals surface area (Å²) in [5.74, 6) is -0.367. The first-order valence-electron chi connectivity index (χ1n) is 5.04. The SMILES string of the molecule is CCOC(=O)C[C@H](O)c1ccccc1C. The lowest BCUT2D eigenvalue weighted by molar-refractivity contribution is -0.145. The molecule has 1 aromatic rings. The van der Waals surface area contributed by atoms with Gasteiger partial charge in [0, 0.05) is 0 Å². The topological polar surface area (TPSA) is 46.5 Å². The van der Waals surface area contributed by atoms with Gasteiger partial charge in [0.1, 0.15) is 0 Å². The molecule has 0 saturated heterocycles. The molecule has 0 radical (unpaired) electrons. The van der Waals surface area contributed by atoms with E-state index in [1.54, 1.807) is 6.92 Å². The number of aliphatic hydroxyl groups is 1. The van der Waals surface area contributed by atoms with Crippen molar-refractivity contribution in [2.24, 2.45) is 0 Å². The molecule has 0 aromatic heterocycles. The smallest absolute Gasteiger partial charge is 0.308 e. The fourth-order valence-corrected chi connectivity index (χ4v) is 1.45. The van der Waals surface area contributed by atoms with Crippen molar-refractivity contribution in [3.8, 4) is 0 Å². The van der Waals surface area contributed by atoms with Gasteiger partial charge >= 0.3 is 5.97 Å². The van der Waals surface area contributed by atoms with E-state index in [2.05, 4.69) is 0 Å². The van der Waals surface area contributed by atoms with Gasteiger partial charge in [-0.25, -0.2) is 0 Å². The zero-order valence-corrected chi connectivity index (χ0v) is 9.06. The Bertz CT molecular complexity index is 333. The van der Waals surface area contributed by atoms with Gasteiger partial charge in [-0.1, -0.05) is 24.3 Å². The average molecular weight is 208 g/mol. The third-order valence-corrected chi connectivity index (χ3v) is 2.21. The maximum atomic E-state index is 11.2. The zero-order valence-electron chi connectivity index (χ0n) is 9.06. The molecule has 0 aliphatic rings. The molecule has 0 amide bonds. The highest BCUT2D eigenvalue weighted by Crippen LogP contribution is 2.20. The predicted molar refractivity (Wildman–Crippen MR) is 57.4 cm³/mol. The molecule has 0 spiro atoms. The van der Waals surface area contributed by atoms with Gasteiger partial charge in [-0.2, -0.15) is 0 Å². The van der Waals surface area contributed by atoms with Crippen molar-refractivity contribution in [3.63, 3.8) is 0 Å². The molecule has 82 valence electrons. The van der Waals surface area contributed by atoms with Gasteiger partial charge in [0.15, 0.2) is 0 Å². The number of rotatable bonds is 4. The fraction of sp³-hybridized carbons (Fsp3) is 0.417. The Balaban J connectivity index is 2.65. The van der Waals surface area contributed by atoms with Gasteiger partial charge < -0.3 is 9.84 Å². The van der Waals surface area contributed by atoms with Crippen LogP contribution in [0.2, 0.25) is 0 Å². The monoisotopic (exact) mass is 208 g/mol. The molecule has 0 fully saturated rings. The van der Waals surface area contributed by atoms with E-state index in [1.165, 1.54) is 0 Å². The fourth-order valence-electron chi connectivity index (χ4n) is 1.45. The lowest BCUT2D eigenvalue weighted by atomic mass is 10.0. The lowest BCUT2D eigenvalue weighted by Crippen LogP contribution is -2.10. The van der Waals surface area contributed by atoms with Crippen LogP contribution in [0.3, 0.4) is 0 Å². The Morgan fingerprint density at radius 1 is 1.47 bits per heavy atom. The molecule has 0 bridgehead atoms. The molecule has 1 atom stereocenters. The molecule has 0 saturated carbocycles. The van der Waals surface area contributed by atoms with Crippen molar-refractivity contribution >= 4 is 5.97 Å². The predicted octanol–water partition coefficient (Wildman–Crippen LogP) is 1.98. The molecule has 0 heterocycles. The third-order valence-electron chi connectivity index (χ3n) is 2.21. The number of aryl methyl sites for hydroxylation is 1. The van der Waals surface area contributed by atoms with E-state index in [0.29, 0.717) is 6.61 Å². The van der Waals surface area contributed by atoms with Crippen molar-refractivity contribution in [1.82, 2.24) is 0 Å². The van der Waals surface area contributed by atoms with E-state index < -0.39 is 6.10 Å². The molecule has 3 nitrogen and oxygen atoms in total. The van der Waals surface area contributed by atoms with Crippen LogP contribution in [-0.4, -0.2) is 17.7 Å². The van der Waals surface area contributed by atoms with E-state index in [0.717, 1.165) is 11.1 Å². The maximum absolute atomic E-state index is 11.2. The number of esters is 1. The van der Waals surface area contributed by atoms with Gasteiger partial charge in [-0.15, -0.1) is 0 Å². The van der Waals surface area contributed by atoms with Gasteiger partial charge in [0.05, 0.1) is 19.1 Å². The summed E-state index contributed by atoms with van der Waals surface area (Å²) in [5.41, 5.74) is 1.76.